The maximum atomic E-state index is 10.9. The summed E-state index contributed by atoms with van der Waals surface area (Å²) in [5.74, 6) is -0.250. The van der Waals surface area contributed by atoms with Gasteiger partial charge in [0.1, 0.15) is 0 Å². The van der Waals surface area contributed by atoms with E-state index in [1.54, 1.807) is 4.90 Å². The number of halogens is 2. The zero-order valence-corrected chi connectivity index (χ0v) is 10.3. The third kappa shape index (κ3) is 3.46. The van der Waals surface area contributed by atoms with Gasteiger partial charge in [0.2, 0.25) is 22.4 Å². The van der Waals surface area contributed by atoms with Crippen LogP contribution in [0.2, 0.25) is 10.6 Å². The molecule has 0 spiro atoms. The minimum Gasteiger partial charge on any atom is -0.368 e. The lowest BCUT2D eigenvalue weighted by molar-refractivity contribution is -0.116. The molecular weight excluding hydrogens is 253 g/mol. The summed E-state index contributed by atoms with van der Waals surface area (Å²) in [4.78, 5) is 23.9. The van der Waals surface area contributed by atoms with Crippen LogP contribution in [0.5, 0.6) is 0 Å². The van der Waals surface area contributed by atoms with Crippen LogP contribution in [0.15, 0.2) is 0 Å². The first-order valence-electron chi connectivity index (χ1n) is 4.52. The lowest BCUT2D eigenvalue weighted by atomic mass is 10.3. The van der Waals surface area contributed by atoms with Crippen LogP contribution < -0.4 is 10.6 Å². The van der Waals surface area contributed by atoms with Gasteiger partial charge in [0.25, 0.3) is 0 Å². The summed E-state index contributed by atoms with van der Waals surface area (Å²) in [5, 5.41) is -0.0461. The van der Waals surface area contributed by atoms with Crippen LogP contribution >= 0.6 is 23.2 Å². The van der Waals surface area contributed by atoms with Gasteiger partial charge in [-0.15, -0.1) is 0 Å². The maximum absolute atomic E-state index is 10.9. The molecule has 0 unspecified atom stereocenters. The molecule has 0 aliphatic carbocycles. The van der Waals surface area contributed by atoms with Crippen molar-refractivity contribution in [3.63, 3.8) is 0 Å². The Morgan fingerprint density at radius 1 is 1.31 bits per heavy atom. The molecule has 2 N–H and O–H groups in total. The monoisotopic (exact) mass is 263 g/mol. The molecule has 0 saturated carbocycles. The van der Waals surface area contributed by atoms with Crippen molar-refractivity contribution >= 4 is 35.1 Å². The van der Waals surface area contributed by atoms with Crippen molar-refractivity contribution in [1.82, 2.24) is 15.0 Å². The standard InChI is InChI=1S/C8H11Cl2N5O/c1-4(2)15(3-5(11)16)8-13-6(9)12-7(10)14-8/h4H,3H2,1-2H3,(H2,11,16). The Balaban J connectivity index is 3.05. The van der Waals surface area contributed by atoms with Crippen LogP contribution in [0.4, 0.5) is 5.95 Å². The number of rotatable bonds is 4. The Morgan fingerprint density at radius 2 is 1.81 bits per heavy atom. The first kappa shape index (κ1) is 12.9. The first-order chi connectivity index (χ1) is 7.40. The molecule has 0 aromatic carbocycles. The van der Waals surface area contributed by atoms with Crippen molar-refractivity contribution in [2.45, 2.75) is 19.9 Å². The highest BCUT2D eigenvalue weighted by Gasteiger charge is 2.17. The largest absolute Gasteiger partial charge is 0.368 e. The number of nitrogens with zero attached hydrogens (tertiary/aromatic N) is 4. The highest BCUT2D eigenvalue weighted by atomic mass is 35.5. The Kier molecular flexibility index (Phi) is 4.26. The minimum absolute atomic E-state index is 0.00562. The molecule has 1 amide bonds. The van der Waals surface area contributed by atoms with E-state index in [-0.39, 0.29) is 29.1 Å². The van der Waals surface area contributed by atoms with E-state index < -0.39 is 5.91 Å². The SMILES string of the molecule is CC(C)N(CC(N)=O)c1nc(Cl)nc(Cl)n1. The summed E-state index contributed by atoms with van der Waals surface area (Å²) in [6.45, 7) is 3.73. The van der Waals surface area contributed by atoms with Crippen LogP contribution in [0, 0.1) is 0 Å². The third-order valence-electron chi connectivity index (χ3n) is 1.78. The molecule has 0 fully saturated rings. The van der Waals surface area contributed by atoms with Gasteiger partial charge in [0.05, 0.1) is 6.54 Å². The zero-order chi connectivity index (χ0) is 12.3. The number of hydrogen-bond donors (Lipinski definition) is 1. The van der Waals surface area contributed by atoms with Crippen LogP contribution in [0.25, 0.3) is 0 Å². The average molecular weight is 264 g/mol. The summed E-state index contributed by atoms with van der Waals surface area (Å²) >= 11 is 11.3. The predicted octanol–water partition coefficient (Wildman–Crippen LogP) is 0.878. The van der Waals surface area contributed by atoms with Gasteiger partial charge in [-0.2, -0.15) is 15.0 Å². The van der Waals surface area contributed by atoms with Gasteiger partial charge in [-0.25, -0.2) is 0 Å². The predicted molar refractivity (Wildman–Crippen MR) is 61.5 cm³/mol. The zero-order valence-electron chi connectivity index (χ0n) is 8.81. The summed E-state index contributed by atoms with van der Waals surface area (Å²) in [6.07, 6.45) is 0. The van der Waals surface area contributed by atoms with Gasteiger partial charge >= 0.3 is 0 Å². The van der Waals surface area contributed by atoms with E-state index in [0.29, 0.717) is 0 Å². The van der Waals surface area contributed by atoms with E-state index in [2.05, 4.69) is 15.0 Å². The Morgan fingerprint density at radius 3 is 2.19 bits per heavy atom. The van der Waals surface area contributed by atoms with Crippen molar-refractivity contribution in [3.05, 3.63) is 10.6 Å². The highest BCUT2D eigenvalue weighted by molar-refractivity contribution is 6.31. The molecule has 1 aromatic heterocycles. The lowest BCUT2D eigenvalue weighted by Gasteiger charge is -2.24. The average Bonchev–Trinajstić information content (AvgIpc) is 2.11. The van der Waals surface area contributed by atoms with E-state index >= 15 is 0 Å². The fourth-order valence-electron chi connectivity index (χ4n) is 1.10. The quantitative estimate of drug-likeness (QED) is 0.872. The van der Waals surface area contributed by atoms with Crippen molar-refractivity contribution in [1.29, 1.82) is 0 Å². The molecule has 0 radical (unpaired) electrons. The molecule has 0 aliphatic rings. The van der Waals surface area contributed by atoms with E-state index in [0.717, 1.165) is 0 Å². The molecular formula is C8H11Cl2N5O. The van der Waals surface area contributed by atoms with Crippen LogP contribution in [0.3, 0.4) is 0 Å². The van der Waals surface area contributed by atoms with E-state index in [9.17, 15) is 4.79 Å². The highest BCUT2D eigenvalue weighted by Crippen LogP contribution is 2.15. The number of aromatic nitrogens is 3. The molecule has 0 bridgehead atoms. The van der Waals surface area contributed by atoms with Gasteiger partial charge in [0, 0.05) is 6.04 Å². The molecule has 0 saturated heterocycles. The molecule has 6 nitrogen and oxygen atoms in total. The number of anilines is 1. The number of amides is 1. The number of hydrogen-bond acceptors (Lipinski definition) is 5. The molecule has 0 atom stereocenters. The van der Waals surface area contributed by atoms with Crippen LogP contribution in [-0.2, 0) is 4.79 Å². The fourth-order valence-corrected chi connectivity index (χ4v) is 1.45. The third-order valence-corrected chi connectivity index (χ3v) is 2.11. The maximum Gasteiger partial charge on any atom is 0.237 e. The second-order valence-electron chi connectivity index (χ2n) is 3.36. The van der Waals surface area contributed by atoms with E-state index in [1.165, 1.54) is 0 Å². The molecule has 1 rings (SSSR count). The van der Waals surface area contributed by atoms with Gasteiger partial charge in [-0.05, 0) is 37.0 Å². The van der Waals surface area contributed by atoms with Crippen molar-refractivity contribution < 1.29 is 4.79 Å². The van der Waals surface area contributed by atoms with Gasteiger partial charge in [-0.1, -0.05) is 0 Å². The smallest absolute Gasteiger partial charge is 0.237 e. The Labute approximate surface area is 103 Å². The van der Waals surface area contributed by atoms with Crippen LogP contribution in [-0.4, -0.2) is 33.4 Å². The number of carbonyl (C=O) groups is 1. The lowest BCUT2D eigenvalue weighted by Crippen LogP contribution is -2.39. The minimum atomic E-state index is -0.485. The molecule has 1 heterocycles. The van der Waals surface area contributed by atoms with E-state index in [1.807, 2.05) is 13.8 Å². The van der Waals surface area contributed by atoms with Crippen molar-refractivity contribution in [3.8, 4) is 0 Å². The van der Waals surface area contributed by atoms with Gasteiger partial charge in [0.15, 0.2) is 0 Å². The summed E-state index contributed by atoms with van der Waals surface area (Å²) < 4.78 is 0. The Bertz CT molecular complexity index is 378. The van der Waals surface area contributed by atoms with Crippen molar-refractivity contribution in [2.75, 3.05) is 11.4 Å². The van der Waals surface area contributed by atoms with Gasteiger partial charge < -0.3 is 10.6 Å². The first-order valence-corrected chi connectivity index (χ1v) is 5.27. The van der Waals surface area contributed by atoms with E-state index in [4.69, 9.17) is 28.9 Å². The second kappa shape index (κ2) is 5.27. The molecule has 8 heteroatoms. The fraction of sp³-hybridized carbons (Fsp3) is 0.500. The second-order valence-corrected chi connectivity index (χ2v) is 4.04. The Hall–Kier alpha value is -1.14. The van der Waals surface area contributed by atoms with Crippen LogP contribution in [0.1, 0.15) is 13.8 Å². The van der Waals surface area contributed by atoms with Crippen molar-refractivity contribution in [2.24, 2.45) is 5.73 Å². The molecule has 16 heavy (non-hydrogen) atoms. The summed E-state index contributed by atoms with van der Waals surface area (Å²) in [7, 11) is 0. The molecule has 1 aromatic rings. The normalized spacial score (nSPS) is 10.6. The summed E-state index contributed by atoms with van der Waals surface area (Å²) in [6, 6.07) is -0.0120. The topological polar surface area (TPSA) is 85.0 Å². The summed E-state index contributed by atoms with van der Waals surface area (Å²) in [5.41, 5.74) is 5.13. The van der Waals surface area contributed by atoms with Gasteiger partial charge in [-0.3, -0.25) is 4.79 Å². The molecule has 0 aliphatic heterocycles. The number of nitrogens with two attached hydrogens (primary N) is 1. The number of carbonyl (C=O) groups excluding carboxylic acids is 1. The molecule has 88 valence electrons. The number of primary amides is 1.